The molecule has 2 N–H and O–H groups in total. The van der Waals surface area contributed by atoms with E-state index in [9.17, 15) is 23.5 Å². The van der Waals surface area contributed by atoms with Gasteiger partial charge in [-0.05, 0) is 47.1 Å². The Morgan fingerprint density at radius 1 is 1.33 bits per heavy atom. The van der Waals surface area contributed by atoms with Gasteiger partial charge in [0.25, 0.3) is 5.56 Å². The highest BCUT2D eigenvalue weighted by Crippen LogP contribution is 2.49. The number of carboxylic acids is 1. The molecule has 0 unspecified atom stereocenters. The Morgan fingerprint density at radius 3 is 2.70 bits per heavy atom. The molecular formula is C22H20F2N2O4. The number of pyridine rings is 2. The number of carboxylic acid groups (broad SMARTS) is 1. The maximum Gasteiger partial charge on any atom is 0.387 e. The maximum absolute atomic E-state index is 13.0. The van der Waals surface area contributed by atoms with Crippen molar-refractivity contribution in [1.29, 1.82) is 0 Å². The predicted octanol–water partition coefficient (Wildman–Crippen LogP) is 4.58. The molecule has 2 aromatic heterocycles. The molecule has 1 aromatic carbocycles. The van der Waals surface area contributed by atoms with Gasteiger partial charge in [-0.1, -0.05) is 26.8 Å². The fourth-order valence-corrected chi connectivity index (χ4v) is 4.20. The molecule has 0 fully saturated rings. The zero-order valence-corrected chi connectivity index (χ0v) is 16.6. The summed E-state index contributed by atoms with van der Waals surface area (Å²) in [6, 6.07) is 6.35. The number of aromatic amines is 1. The van der Waals surface area contributed by atoms with Crippen LogP contribution in [0.25, 0.3) is 22.2 Å². The van der Waals surface area contributed by atoms with E-state index < -0.39 is 18.1 Å². The molecule has 0 saturated carbocycles. The van der Waals surface area contributed by atoms with E-state index in [4.69, 9.17) is 4.74 Å². The van der Waals surface area contributed by atoms with Crippen molar-refractivity contribution < 1.29 is 23.4 Å². The minimum absolute atomic E-state index is 0.0948. The third-order valence-corrected chi connectivity index (χ3v) is 5.58. The summed E-state index contributed by atoms with van der Waals surface area (Å²) >= 11 is 0. The molecule has 0 aliphatic heterocycles. The smallest absolute Gasteiger partial charge is 0.387 e. The molecule has 30 heavy (non-hydrogen) atoms. The molecule has 0 radical (unpaired) electrons. The molecule has 0 bridgehead atoms. The molecule has 1 aliphatic carbocycles. The van der Waals surface area contributed by atoms with Crippen molar-refractivity contribution >= 4 is 16.9 Å². The van der Waals surface area contributed by atoms with Gasteiger partial charge in [0, 0.05) is 17.1 Å². The Hall–Kier alpha value is -3.29. The summed E-state index contributed by atoms with van der Waals surface area (Å²) in [6.45, 7) is 3.07. The van der Waals surface area contributed by atoms with E-state index >= 15 is 0 Å². The molecule has 156 valence electrons. The lowest BCUT2D eigenvalue weighted by atomic mass is 9.68. The lowest BCUT2D eigenvalue weighted by Gasteiger charge is -2.37. The van der Waals surface area contributed by atoms with Crippen LogP contribution in [0.5, 0.6) is 5.75 Å². The number of rotatable bonds is 3. The Labute approximate surface area is 170 Å². The summed E-state index contributed by atoms with van der Waals surface area (Å²) in [4.78, 5) is 30.9. The van der Waals surface area contributed by atoms with E-state index in [1.165, 1.54) is 18.3 Å². The van der Waals surface area contributed by atoms with Gasteiger partial charge < -0.3 is 14.8 Å². The Bertz CT molecular complexity index is 1230. The third kappa shape index (κ3) is 3.22. The number of nitrogens with zero attached hydrogens (tertiary/aromatic N) is 1. The second kappa shape index (κ2) is 6.90. The summed E-state index contributed by atoms with van der Waals surface area (Å²) < 4.78 is 30.8. The zero-order valence-electron chi connectivity index (χ0n) is 16.6. The molecule has 6 nitrogen and oxygen atoms in total. The summed E-state index contributed by atoms with van der Waals surface area (Å²) in [7, 11) is 0. The summed E-state index contributed by atoms with van der Waals surface area (Å²) in [5, 5.41) is 10.1. The van der Waals surface area contributed by atoms with E-state index in [0.29, 0.717) is 34.1 Å². The number of alkyl halides is 2. The number of hydrogen-bond acceptors (Lipinski definition) is 4. The summed E-state index contributed by atoms with van der Waals surface area (Å²) in [5.41, 5.74) is 1.45. The first-order valence-corrected chi connectivity index (χ1v) is 9.44. The number of carbonyl (C=O) groups is 1. The fourth-order valence-electron chi connectivity index (χ4n) is 4.20. The number of aromatic nitrogens is 2. The largest absolute Gasteiger partial charge is 0.477 e. The number of halogens is 2. The summed E-state index contributed by atoms with van der Waals surface area (Å²) in [5.74, 6) is -1.52. The number of hydrogen-bond donors (Lipinski definition) is 2. The second-order valence-electron chi connectivity index (χ2n) is 8.45. The zero-order chi connectivity index (χ0) is 21.8. The highest BCUT2D eigenvalue weighted by molar-refractivity contribution is 5.95. The first-order valence-electron chi connectivity index (χ1n) is 9.44. The van der Waals surface area contributed by atoms with E-state index in [0.717, 1.165) is 5.56 Å². The highest BCUT2D eigenvalue weighted by atomic mass is 19.3. The Morgan fingerprint density at radius 2 is 2.07 bits per heavy atom. The van der Waals surface area contributed by atoms with Crippen molar-refractivity contribution in [2.75, 3.05) is 0 Å². The minimum Gasteiger partial charge on any atom is -0.477 e. The molecule has 3 aromatic rings. The number of H-pyrrole nitrogens is 1. The standard InChI is InChI=1S/C22H20F2N2O4/c1-22(2,3)15-8-11-10-5-4-6-25-18(10)16(30-21(23)24)9-12(11)17-13(15)7-14(20(28)29)19(27)26-17/h4-7,9,15,21H,8H2,1-3H3,(H,26,27)(H,28,29)/t15-/m0/s1. The number of fused-ring (bicyclic) bond motifs is 5. The van der Waals surface area contributed by atoms with E-state index in [1.54, 1.807) is 12.1 Å². The number of benzene rings is 1. The molecule has 4 rings (SSSR count). The minimum atomic E-state index is -3.04. The van der Waals surface area contributed by atoms with Crippen LogP contribution in [0.4, 0.5) is 8.78 Å². The van der Waals surface area contributed by atoms with Crippen LogP contribution >= 0.6 is 0 Å². The SMILES string of the molecule is CC(C)(C)[C@H]1Cc2c(cc(OC(F)F)c3ncccc23)-c2[nH]c(=O)c(C(=O)O)cc21. The Kier molecular flexibility index (Phi) is 4.60. The van der Waals surface area contributed by atoms with Gasteiger partial charge in [-0.25, -0.2) is 4.79 Å². The Balaban J connectivity index is 2.09. The van der Waals surface area contributed by atoms with Crippen molar-refractivity contribution in [2.24, 2.45) is 5.41 Å². The van der Waals surface area contributed by atoms with Crippen LogP contribution in [-0.4, -0.2) is 27.7 Å². The molecule has 0 saturated heterocycles. The van der Waals surface area contributed by atoms with Gasteiger partial charge in [0.05, 0.1) is 5.69 Å². The monoisotopic (exact) mass is 414 g/mol. The number of ether oxygens (including phenoxy) is 1. The predicted molar refractivity (Wildman–Crippen MR) is 107 cm³/mol. The van der Waals surface area contributed by atoms with Crippen LogP contribution in [-0.2, 0) is 6.42 Å². The van der Waals surface area contributed by atoms with Gasteiger partial charge in [-0.3, -0.25) is 9.78 Å². The maximum atomic E-state index is 13.0. The lowest BCUT2D eigenvalue weighted by molar-refractivity contribution is -0.0489. The topological polar surface area (TPSA) is 92.3 Å². The molecule has 0 amide bonds. The summed E-state index contributed by atoms with van der Waals surface area (Å²) in [6.07, 6.45) is 2.04. The third-order valence-electron chi connectivity index (χ3n) is 5.58. The van der Waals surface area contributed by atoms with Crippen LogP contribution in [0.1, 0.15) is 48.2 Å². The molecule has 0 spiro atoms. The normalized spacial score (nSPS) is 15.7. The van der Waals surface area contributed by atoms with Gasteiger partial charge in [-0.2, -0.15) is 8.78 Å². The van der Waals surface area contributed by atoms with E-state index in [2.05, 4.69) is 9.97 Å². The van der Waals surface area contributed by atoms with Crippen molar-refractivity contribution in [3.05, 3.63) is 57.5 Å². The van der Waals surface area contributed by atoms with Crippen LogP contribution in [0.15, 0.2) is 35.3 Å². The quantitative estimate of drug-likeness (QED) is 0.655. The van der Waals surface area contributed by atoms with Crippen molar-refractivity contribution in [3.63, 3.8) is 0 Å². The van der Waals surface area contributed by atoms with Crippen molar-refractivity contribution in [1.82, 2.24) is 9.97 Å². The lowest BCUT2D eigenvalue weighted by Crippen LogP contribution is -2.29. The first-order chi connectivity index (χ1) is 14.1. The van der Waals surface area contributed by atoms with Gasteiger partial charge >= 0.3 is 12.6 Å². The van der Waals surface area contributed by atoms with Gasteiger partial charge in [0.1, 0.15) is 11.1 Å². The average molecular weight is 414 g/mol. The molecule has 8 heteroatoms. The van der Waals surface area contributed by atoms with Crippen molar-refractivity contribution in [3.8, 4) is 17.0 Å². The number of aromatic carboxylic acids is 1. The van der Waals surface area contributed by atoms with Crippen molar-refractivity contribution in [2.45, 2.75) is 39.7 Å². The van der Waals surface area contributed by atoms with Crippen LogP contribution in [0.2, 0.25) is 0 Å². The van der Waals surface area contributed by atoms with Crippen LogP contribution in [0, 0.1) is 5.41 Å². The first kappa shape index (κ1) is 20.0. The molecular weight excluding hydrogens is 394 g/mol. The average Bonchev–Trinajstić information content (AvgIpc) is 2.65. The van der Waals surface area contributed by atoms with Gasteiger partial charge in [0.2, 0.25) is 0 Å². The van der Waals surface area contributed by atoms with Gasteiger partial charge in [-0.15, -0.1) is 0 Å². The second-order valence-corrected chi connectivity index (χ2v) is 8.45. The fraction of sp³-hybridized carbons (Fsp3) is 0.318. The molecule has 1 atom stereocenters. The van der Waals surface area contributed by atoms with Crippen LogP contribution in [0.3, 0.4) is 0 Å². The van der Waals surface area contributed by atoms with E-state index in [-0.39, 0.29) is 22.6 Å². The highest BCUT2D eigenvalue weighted by Gasteiger charge is 2.36. The molecule has 1 aliphatic rings. The van der Waals surface area contributed by atoms with Gasteiger partial charge in [0.15, 0.2) is 5.75 Å². The van der Waals surface area contributed by atoms with Crippen LogP contribution < -0.4 is 10.3 Å². The number of nitrogens with one attached hydrogen (secondary N) is 1. The molecule has 2 heterocycles. The van der Waals surface area contributed by atoms with E-state index in [1.807, 2.05) is 20.8 Å².